The summed E-state index contributed by atoms with van der Waals surface area (Å²) in [5.74, 6) is 1.75. The summed E-state index contributed by atoms with van der Waals surface area (Å²) in [6, 6.07) is 16.9. The van der Waals surface area contributed by atoms with Crippen molar-refractivity contribution in [1.29, 1.82) is 0 Å². The number of amides is 2. The normalized spacial score (nSPS) is 28.6. The fraction of sp³-hybridized carbons (Fsp3) is 0.519. The summed E-state index contributed by atoms with van der Waals surface area (Å²) in [6.07, 6.45) is 10.8. The number of hydrogen-bond donors (Lipinski definition) is 2. The van der Waals surface area contributed by atoms with Crippen molar-refractivity contribution >= 4 is 29.8 Å². The van der Waals surface area contributed by atoms with Gasteiger partial charge in [-0.05, 0) is 92.3 Å². The number of nitrogens with zero attached hydrogens (tertiary/aromatic N) is 1. The number of carbonyl (C=O) groups is 1. The highest BCUT2D eigenvalue weighted by atomic mass is 35.5. The number of hydrogen-bond acceptors (Lipinski definition) is 2. The summed E-state index contributed by atoms with van der Waals surface area (Å²) in [7, 11) is 0. The molecular formula is C27H34ClN3O. The largest absolute Gasteiger partial charge is 0.323 e. The molecule has 2 aromatic carbocycles. The smallest absolute Gasteiger partial charge is 0.308 e. The number of urea groups is 1. The first-order chi connectivity index (χ1) is 15.2. The monoisotopic (exact) mass is 451 g/mol. The lowest BCUT2D eigenvalue weighted by molar-refractivity contribution is -0.0133. The molecule has 3 fully saturated rings. The second-order valence-electron chi connectivity index (χ2n) is 10.3. The van der Waals surface area contributed by atoms with Crippen molar-refractivity contribution in [2.24, 2.45) is 11.8 Å². The molecule has 2 saturated carbocycles. The molecule has 1 heterocycles. The Kier molecular flexibility index (Phi) is 5.94. The first kappa shape index (κ1) is 21.8. The minimum Gasteiger partial charge on any atom is -0.308 e. The molecule has 1 saturated heterocycles. The third kappa shape index (κ3) is 3.92. The number of anilines is 2. The average molecular weight is 452 g/mol. The van der Waals surface area contributed by atoms with Crippen molar-refractivity contribution < 1.29 is 4.79 Å². The molecule has 4 aliphatic rings. The van der Waals surface area contributed by atoms with E-state index in [0.29, 0.717) is 5.41 Å². The first-order valence-electron chi connectivity index (χ1n) is 12.2. The summed E-state index contributed by atoms with van der Waals surface area (Å²) in [4.78, 5) is 15.4. The predicted molar refractivity (Wildman–Crippen MR) is 133 cm³/mol. The van der Waals surface area contributed by atoms with E-state index in [1.807, 2.05) is 30.3 Å². The summed E-state index contributed by atoms with van der Waals surface area (Å²) in [5, 5.41) is 6.03. The lowest BCUT2D eigenvalue weighted by Crippen LogP contribution is -2.61. The Morgan fingerprint density at radius 1 is 0.969 bits per heavy atom. The Balaban J connectivity index is 0.00000216. The van der Waals surface area contributed by atoms with Crippen LogP contribution in [-0.4, -0.2) is 30.1 Å². The SMILES string of the molecule is Cl.O=C(Nc1ccccc1)Nc1ccc2c(c1)[C@@]13CCCC[C@H]1[C@@H](C2)N(CC1CC1)CC3. The van der Waals surface area contributed by atoms with Gasteiger partial charge in [-0.15, -0.1) is 12.4 Å². The van der Waals surface area contributed by atoms with Crippen molar-refractivity contribution in [1.82, 2.24) is 4.90 Å². The van der Waals surface area contributed by atoms with E-state index < -0.39 is 0 Å². The molecule has 2 aromatic rings. The van der Waals surface area contributed by atoms with Gasteiger partial charge < -0.3 is 10.6 Å². The fourth-order valence-electron chi connectivity index (χ4n) is 6.84. The Hall–Kier alpha value is -2.04. The summed E-state index contributed by atoms with van der Waals surface area (Å²) in [5.41, 5.74) is 5.12. The number of para-hydroxylation sites is 1. The number of likely N-dealkylation sites (tertiary alicyclic amines) is 1. The molecular weight excluding hydrogens is 418 g/mol. The lowest BCUT2D eigenvalue weighted by Gasteiger charge is -2.59. The van der Waals surface area contributed by atoms with E-state index in [0.717, 1.165) is 29.3 Å². The van der Waals surface area contributed by atoms with Gasteiger partial charge >= 0.3 is 6.03 Å². The van der Waals surface area contributed by atoms with Gasteiger partial charge in [-0.1, -0.05) is 37.1 Å². The molecule has 1 aliphatic heterocycles. The minimum atomic E-state index is -0.170. The van der Waals surface area contributed by atoms with Crippen LogP contribution in [-0.2, 0) is 11.8 Å². The van der Waals surface area contributed by atoms with Gasteiger partial charge in [0.1, 0.15) is 0 Å². The molecule has 2 bridgehead atoms. The van der Waals surface area contributed by atoms with Crippen molar-refractivity contribution in [3.05, 3.63) is 59.7 Å². The molecule has 5 heteroatoms. The Labute approximate surface area is 197 Å². The standard InChI is InChI=1S/C27H33N3O.ClH/c31-26(28-21-6-2-1-3-7-21)29-22-12-11-20-16-25-23-8-4-5-13-27(23,24(20)17-22)14-15-30(25)18-19-9-10-19;/h1-3,6-7,11-12,17,19,23,25H,4-5,8-10,13-16,18H2,(H2,28,29,31);1H/t23-,25+,27+;/m0./s1. The molecule has 0 aromatic heterocycles. The van der Waals surface area contributed by atoms with Crippen molar-refractivity contribution in [3.63, 3.8) is 0 Å². The quantitative estimate of drug-likeness (QED) is 0.579. The zero-order valence-electron chi connectivity index (χ0n) is 18.7. The van der Waals surface area contributed by atoms with E-state index in [1.165, 1.54) is 75.6 Å². The van der Waals surface area contributed by atoms with Crippen LogP contribution in [0.5, 0.6) is 0 Å². The lowest BCUT2D eigenvalue weighted by atomic mass is 9.52. The van der Waals surface area contributed by atoms with E-state index in [4.69, 9.17) is 0 Å². The summed E-state index contributed by atoms with van der Waals surface area (Å²) >= 11 is 0. The fourth-order valence-corrected chi connectivity index (χ4v) is 6.84. The number of rotatable bonds is 4. The Morgan fingerprint density at radius 2 is 1.78 bits per heavy atom. The van der Waals surface area contributed by atoms with Crippen molar-refractivity contribution in [3.8, 4) is 0 Å². The number of piperidine rings is 1. The molecule has 170 valence electrons. The number of fused-ring (bicyclic) bond motifs is 1. The van der Waals surface area contributed by atoms with Crippen LogP contribution in [0, 0.1) is 11.8 Å². The molecule has 0 spiro atoms. The zero-order valence-corrected chi connectivity index (χ0v) is 19.5. The van der Waals surface area contributed by atoms with E-state index >= 15 is 0 Å². The van der Waals surface area contributed by atoms with Crippen molar-refractivity contribution in [2.45, 2.75) is 62.8 Å². The molecule has 6 rings (SSSR count). The third-order valence-corrected chi connectivity index (χ3v) is 8.43. The topological polar surface area (TPSA) is 44.4 Å². The van der Waals surface area contributed by atoms with Gasteiger partial charge in [0.25, 0.3) is 0 Å². The van der Waals surface area contributed by atoms with Gasteiger partial charge in [0.15, 0.2) is 0 Å². The summed E-state index contributed by atoms with van der Waals surface area (Å²) in [6.45, 7) is 2.58. The highest BCUT2D eigenvalue weighted by Crippen LogP contribution is 2.56. The molecule has 3 aliphatic carbocycles. The molecule has 3 atom stereocenters. The van der Waals surface area contributed by atoms with Crippen molar-refractivity contribution in [2.75, 3.05) is 23.7 Å². The Bertz CT molecular complexity index is 976. The maximum absolute atomic E-state index is 12.6. The van der Waals surface area contributed by atoms with E-state index in [-0.39, 0.29) is 18.4 Å². The van der Waals surface area contributed by atoms with Crippen LogP contribution in [0.25, 0.3) is 0 Å². The summed E-state index contributed by atoms with van der Waals surface area (Å²) < 4.78 is 0. The number of carbonyl (C=O) groups excluding carboxylic acids is 1. The molecule has 4 nitrogen and oxygen atoms in total. The van der Waals surface area contributed by atoms with E-state index in [2.05, 4.69) is 33.7 Å². The highest BCUT2D eigenvalue weighted by Gasteiger charge is 2.54. The third-order valence-electron chi connectivity index (χ3n) is 8.43. The number of nitrogens with one attached hydrogen (secondary N) is 2. The van der Waals surface area contributed by atoms with Gasteiger partial charge in [0.2, 0.25) is 0 Å². The Morgan fingerprint density at radius 3 is 2.59 bits per heavy atom. The van der Waals surface area contributed by atoms with E-state index in [9.17, 15) is 4.79 Å². The van der Waals surface area contributed by atoms with Crippen LogP contribution < -0.4 is 10.6 Å². The average Bonchev–Trinajstić information content (AvgIpc) is 3.61. The second kappa shape index (κ2) is 8.72. The van der Waals surface area contributed by atoms with Gasteiger partial charge in [-0.3, -0.25) is 4.90 Å². The van der Waals surface area contributed by atoms with Crippen LogP contribution in [0.15, 0.2) is 48.5 Å². The molecule has 32 heavy (non-hydrogen) atoms. The van der Waals surface area contributed by atoms with Crippen LogP contribution in [0.4, 0.5) is 16.2 Å². The highest BCUT2D eigenvalue weighted by molar-refractivity contribution is 5.99. The zero-order chi connectivity index (χ0) is 20.8. The second-order valence-corrected chi connectivity index (χ2v) is 10.3. The van der Waals surface area contributed by atoms with Crippen LogP contribution in [0.3, 0.4) is 0 Å². The van der Waals surface area contributed by atoms with Crippen LogP contribution in [0.2, 0.25) is 0 Å². The molecule has 0 radical (unpaired) electrons. The van der Waals surface area contributed by atoms with Crippen LogP contribution >= 0.6 is 12.4 Å². The number of halogens is 1. The van der Waals surface area contributed by atoms with Gasteiger partial charge in [0.05, 0.1) is 0 Å². The number of benzene rings is 2. The molecule has 2 amide bonds. The molecule has 2 N–H and O–H groups in total. The van der Waals surface area contributed by atoms with Gasteiger partial charge in [-0.25, -0.2) is 4.79 Å². The first-order valence-corrected chi connectivity index (χ1v) is 12.2. The maximum Gasteiger partial charge on any atom is 0.323 e. The minimum absolute atomic E-state index is 0. The van der Waals surface area contributed by atoms with Gasteiger partial charge in [-0.2, -0.15) is 0 Å². The predicted octanol–water partition coefficient (Wildman–Crippen LogP) is 6.22. The van der Waals surface area contributed by atoms with Gasteiger partial charge in [0, 0.05) is 29.4 Å². The van der Waals surface area contributed by atoms with E-state index in [1.54, 1.807) is 0 Å². The maximum atomic E-state index is 12.6. The van der Waals surface area contributed by atoms with Crippen LogP contribution in [0.1, 0.15) is 56.1 Å². The molecule has 0 unspecified atom stereocenters.